The molecule has 1 saturated carbocycles. The van der Waals surface area contributed by atoms with Crippen molar-refractivity contribution in [1.82, 2.24) is 19.5 Å². The lowest BCUT2D eigenvalue weighted by atomic mass is 9.80. The Hall–Kier alpha value is -3.19. The van der Waals surface area contributed by atoms with Crippen LogP contribution in [0.5, 0.6) is 0 Å². The quantitative estimate of drug-likeness (QED) is 0.206. The van der Waals surface area contributed by atoms with E-state index in [1.807, 2.05) is 4.90 Å². The van der Waals surface area contributed by atoms with Crippen molar-refractivity contribution in [3.8, 4) is 0 Å². The van der Waals surface area contributed by atoms with Crippen molar-refractivity contribution in [2.24, 2.45) is 23.1 Å². The van der Waals surface area contributed by atoms with E-state index in [0.29, 0.717) is 57.8 Å². The summed E-state index contributed by atoms with van der Waals surface area (Å²) in [5.74, 6) is -4.02. The molecule has 1 aliphatic carbocycles. The maximum atomic E-state index is 15.9. The molecule has 14 nitrogen and oxygen atoms in total. The lowest BCUT2D eigenvalue weighted by molar-refractivity contribution is -0.117. The number of halogens is 3. The average molecular weight is 756 g/mol. The van der Waals surface area contributed by atoms with Crippen LogP contribution in [0.4, 0.5) is 25.1 Å². The summed E-state index contributed by atoms with van der Waals surface area (Å²) < 4.78 is 65.4. The number of ether oxygens (including phenoxy) is 1. The highest BCUT2D eigenvalue weighted by atomic mass is 35.5. The number of aromatic nitrogens is 1. The van der Waals surface area contributed by atoms with E-state index in [0.717, 1.165) is 0 Å². The van der Waals surface area contributed by atoms with Gasteiger partial charge >= 0.3 is 6.09 Å². The number of benzene rings is 1. The van der Waals surface area contributed by atoms with Gasteiger partial charge in [0.1, 0.15) is 17.6 Å². The molecule has 18 heteroatoms. The monoisotopic (exact) mass is 755 g/mol. The van der Waals surface area contributed by atoms with E-state index in [1.54, 1.807) is 21.9 Å². The number of amides is 2. The molecule has 7 N–H and O–H groups in total. The van der Waals surface area contributed by atoms with Crippen molar-refractivity contribution < 1.29 is 31.5 Å². The molecule has 0 spiro atoms. The Morgan fingerprint density at radius 2 is 1.67 bits per heavy atom. The fraction of sp³-hybridized carbons (Fsp3) is 0.606. The molecule has 51 heavy (non-hydrogen) atoms. The van der Waals surface area contributed by atoms with Crippen LogP contribution in [0.2, 0.25) is 5.15 Å². The highest BCUT2D eigenvalue weighted by molar-refractivity contribution is 7.89. The van der Waals surface area contributed by atoms with Crippen molar-refractivity contribution in [3.63, 3.8) is 0 Å². The van der Waals surface area contributed by atoms with Gasteiger partial charge in [0.05, 0.1) is 4.90 Å². The molecular weight excluding hydrogens is 708 g/mol. The van der Waals surface area contributed by atoms with Crippen molar-refractivity contribution in [2.75, 3.05) is 81.9 Å². The number of rotatable bonds is 14. The molecule has 2 saturated heterocycles. The van der Waals surface area contributed by atoms with Gasteiger partial charge in [-0.25, -0.2) is 27.0 Å². The molecule has 3 fully saturated rings. The Kier molecular flexibility index (Phi) is 13.1. The molecule has 5 rings (SSSR count). The fourth-order valence-corrected chi connectivity index (χ4v) is 8.57. The van der Waals surface area contributed by atoms with Crippen LogP contribution in [-0.4, -0.2) is 119 Å². The SMILES string of the molecule is NCCN(CCN)CCOC(=O)NC1CCC(C(F)(F)c2cc(Cl)nc(N3CCN(S(=O)(=O)c4ccc(N5C[C@H](N)CC5=O)cc4)CC3)c2)CC1. The van der Waals surface area contributed by atoms with Crippen molar-refractivity contribution >= 4 is 45.1 Å². The van der Waals surface area contributed by atoms with Crippen LogP contribution in [0.15, 0.2) is 41.3 Å². The van der Waals surface area contributed by atoms with Gasteiger partial charge in [-0.15, -0.1) is 0 Å². The highest BCUT2D eigenvalue weighted by Crippen LogP contribution is 2.45. The minimum absolute atomic E-state index is 0.0793. The summed E-state index contributed by atoms with van der Waals surface area (Å²) >= 11 is 6.26. The molecule has 2 aromatic rings. The second kappa shape index (κ2) is 17.1. The standard InChI is InChI=1S/C33H48ClF2N9O5S/c34-29-19-24(33(35,36)23-1-3-26(4-2-23)40-32(47)50-18-17-42(11-9-37)12-10-38)20-30(41-29)43-13-15-44(16-14-43)51(48,49)28-7-5-27(6-8-28)45-22-25(39)21-31(45)46/h5-8,19-20,23,25-26H,1-4,9-18,21-22,37-39H2,(H,40,47)/t23?,25-,26?/m1/s1. The number of nitrogens with two attached hydrogens (primary N) is 3. The first-order valence-corrected chi connectivity index (χ1v) is 19.2. The molecule has 2 amide bonds. The normalized spacial score (nSPS) is 22.1. The van der Waals surface area contributed by atoms with Gasteiger partial charge < -0.3 is 37.1 Å². The lowest BCUT2D eigenvalue weighted by Gasteiger charge is -2.36. The van der Waals surface area contributed by atoms with E-state index in [9.17, 15) is 18.0 Å². The first kappa shape index (κ1) is 39.0. The number of sulfonamides is 1. The molecule has 2 aliphatic heterocycles. The van der Waals surface area contributed by atoms with E-state index in [1.165, 1.54) is 28.6 Å². The first-order chi connectivity index (χ1) is 24.3. The number of alkyl halides is 2. The van der Waals surface area contributed by atoms with Crippen LogP contribution in [0.1, 0.15) is 37.7 Å². The third kappa shape index (κ3) is 9.63. The van der Waals surface area contributed by atoms with Gasteiger partial charge in [-0.3, -0.25) is 9.69 Å². The fourth-order valence-electron chi connectivity index (χ4n) is 6.94. The summed E-state index contributed by atoms with van der Waals surface area (Å²) in [5, 5.41) is 2.71. The Morgan fingerprint density at radius 1 is 1.02 bits per heavy atom. The number of carbonyl (C=O) groups excluding carboxylic acids is 2. The van der Waals surface area contributed by atoms with Crippen LogP contribution in [0.3, 0.4) is 0 Å². The summed E-state index contributed by atoms with van der Waals surface area (Å²) in [6.07, 6.45) is 0.786. The number of pyridine rings is 1. The molecule has 0 radical (unpaired) electrons. The van der Waals surface area contributed by atoms with Gasteiger partial charge in [0, 0.05) is 101 Å². The second-order valence-electron chi connectivity index (χ2n) is 13.3. The molecule has 1 aromatic carbocycles. The van der Waals surface area contributed by atoms with E-state index < -0.39 is 28.0 Å². The topological polar surface area (TPSA) is 193 Å². The van der Waals surface area contributed by atoms with E-state index >= 15 is 8.78 Å². The Balaban J connectivity index is 1.13. The van der Waals surface area contributed by atoms with Gasteiger partial charge in [-0.2, -0.15) is 4.31 Å². The maximum Gasteiger partial charge on any atom is 0.407 e. The van der Waals surface area contributed by atoms with Gasteiger partial charge in [0.15, 0.2) is 0 Å². The van der Waals surface area contributed by atoms with Crippen LogP contribution < -0.4 is 32.3 Å². The summed E-state index contributed by atoms with van der Waals surface area (Å²) in [7, 11) is -3.84. The number of alkyl carbamates (subject to hydrolysis) is 1. The van der Waals surface area contributed by atoms with E-state index in [-0.39, 0.29) is 91.5 Å². The minimum atomic E-state index is -3.84. The van der Waals surface area contributed by atoms with Crippen LogP contribution in [0, 0.1) is 5.92 Å². The number of hydrogen-bond acceptors (Lipinski definition) is 11. The van der Waals surface area contributed by atoms with Crippen molar-refractivity contribution in [2.45, 2.75) is 55.0 Å². The summed E-state index contributed by atoms with van der Waals surface area (Å²) in [6.45, 7) is 3.94. The Bertz CT molecular complexity index is 1600. The van der Waals surface area contributed by atoms with Crippen molar-refractivity contribution in [1.29, 1.82) is 0 Å². The second-order valence-corrected chi connectivity index (χ2v) is 15.6. The lowest BCUT2D eigenvalue weighted by Crippen LogP contribution is -2.49. The minimum Gasteiger partial charge on any atom is -0.448 e. The zero-order chi connectivity index (χ0) is 36.8. The first-order valence-electron chi connectivity index (χ1n) is 17.3. The highest BCUT2D eigenvalue weighted by Gasteiger charge is 2.44. The molecular formula is C33H48ClF2N9O5S. The Morgan fingerprint density at radius 3 is 2.25 bits per heavy atom. The molecule has 282 valence electrons. The number of carbonyl (C=O) groups is 2. The summed E-state index contributed by atoms with van der Waals surface area (Å²) in [6, 6.07) is 8.12. The average Bonchev–Trinajstić information content (AvgIpc) is 3.45. The molecule has 3 aliphatic rings. The van der Waals surface area contributed by atoms with E-state index in [2.05, 4.69) is 10.3 Å². The summed E-state index contributed by atoms with van der Waals surface area (Å²) in [4.78, 5) is 34.2. The molecule has 1 atom stereocenters. The van der Waals surface area contributed by atoms with Gasteiger partial charge in [-0.05, 0) is 62.1 Å². The zero-order valence-corrected chi connectivity index (χ0v) is 30.1. The number of anilines is 2. The number of hydrogen-bond donors (Lipinski definition) is 4. The number of piperazine rings is 1. The van der Waals surface area contributed by atoms with Crippen LogP contribution in [0.25, 0.3) is 0 Å². The predicted molar refractivity (Wildman–Crippen MR) is 190 cm³/mol. The largest absolute Gasteiger partial charge is 0.448 e. The Labute approximate surface area is 302 Å². The molecule has 1 aromatic heterocycles. The van der Waals surface area contributed by atoms with Crippen molar-refractivity contribution in [3.05, 3.63) is 47.1 Å². The van der Waals surface area contributed by atoms with Gasteiger partial charge in [0.2, 0.25) is 15.9 Å². The third-order valence-electron chi connectivity index (χ3n) is 9.76. The maximum absolute atomic E-state index is 15.9. The summed E-state index contributed by atoms with van der Waals surface area (Å²) in [5.41, 5.74) is 17.4. The van der Waals surface area contributed by atoms with E-state index in [4.69, 9.17) is 33.5 Å². The van der Waals surface area contributed by atoms with Gasteiger partial charge in [0.25, 0.3) is 5.92 Å². The molecule has 0 bridgehead atoms. The molecule has 3 heterocycles. The van der Waals surface area contributed by atoms with Crippen LogP contribution in [-0.2, 0) is 25.5 Å². The van der Waals surface area contributed by atoms with Crippen LogP contribution >= 0.6 is 11.6 Å². The smallest absolute Gasteiger partial charge is 0.407 e. The third-order valence-corrected chi connectivity index (χ3v) is 11.9. The number of nitrogens with zero attached hydrogens (tertiary/aromatic N) is 5. The van der Waals surface area contributed by atoms with Gasteiger partial charge in [-0.1, -0.05) is 11.6 Å². The number of nitrogens with one attached hydrogen (secondary N) is 1. The zero-order valence-electron chi connectivity index (χ0n) is 28.6. The molecule has 0 unspecified atom stereocenters. The predicted octanol–water partition coefficient (Wildman–Crippen LogP) is 1.91.